The molecule has 1 saturated heterocycles. The van der Waals surface area contributed by atoms with Crippen molar-refractivity contribution in [3.05, 3.63) is 53.7 Å². The van der Waals surface area contributed by atoms with Crippen molar-refractivity contribution < 1.29 is 4.79 Å². The Morgan fingerprint density at radius 2 is 2.06 bits per heavy atom. The zero-order chi connectivity index (χ0) is 24.9. The predicted molar refractivity (Wildman–Crippen MR) is 146 cm³/mol. The number of hydrogen-bond donors (Lipinski definition) is 2. The Morgan fingerprint density at radius 1 is 1.14 bits per heavy atom. The first kappa shape index (κ1) is 25.1. The summed E-state index contributed by atoms with van der Waals surface area (Å²) in [7, 11) is 0. The number of H-pyrrole nitrogens is 1. The highest BCUT2D eigenvalue weighted by Gasteiger charge is 2.42. The number of benzene rings is 1. The number of imidazole rings is 1. The van der Waals surface area contributed by atoms with Gasteiger partial charge in [-0.15, -0.1) is 0 Å². The van der Waals surface area contributed by atoms with Crippen LogP contribution in [0.4, 0.5) is 0 Å². The minimum Gasteiger partial charge on any atom is -0.356 e. The molecule has 3 atom stereocenters. The third-order valence-corrected chi connectivity index (χ3v) is 8.38. The van der Waals surface area contributed by atoms with Crippen LogP contribution in [0.3, 0.4) is 0 Å². The minimum absolute atomic E-state index is 0.0711. The molecule has 36 heavy (non-hydrogen) atoms. The average Bonchev–Trinajstić information content (AvgIpc) is 3.54. The van der Waals surface area contributed by atoms with E-state index in [4.69, 9.17) is 0 Å². The molecule has 1 aliphatic heterocycles. The van der Waals surface area contributed by atoms with Gasteiger partial charge in [0.2, 0.25) is 5.91 Å². The van der Waals surface area contributed by atoms with Gasteiger partial charge in [-0.1, -0.05) is 38.8 Å². The molecule has 0 spiro atoms. The molecule has 1 amide bonds. The Morgan fingerprint density at radius 3 is 2.86 bits per heavy atom. The minimum atomic E-state index is 0.0711. The maximum absolute atomic E-state index is 13.3. The van der Waals surface area contributed by atoms with E-state index >= 15 is 0 Å². The summed E-state index contributed by atoms with van der Waals surface area (Å²) in [6.07, 6.45) is 16.0. The van der Waals surface area contributed by atoms with E-state index in [0.717, 1.165) is 71.1 Å². The zero-order valence-corrected chi connectivity index (χ0v) is 22.1. The number of carbonyl (C=O) groups excluding carboxylic acids is 1. The number of hydrogen-bond acceptors (Lipinski definition) is 3. The molecule has 194 valence electrons. The van der Waals surface area contributed by atoms with Gasteiger partial charge in [0.15, 0.2) is 0 Å². The molecule has 2 N–H and O–H groups in total. The van der Waals surface area contributed by atoms with Crippen LogP contribution in [0.5, 0.6) is 0 Å². The molecule has 1 aliphatic carbocycles. The van der Waals surface area contributed by atoms with E-state index in [-0.39, 0.29) is 11.8 Å². The van der Waals surface area contributed by atoms with Crippen molar-refractivity contribution in [2.45, 2.75) is 90.1 Å². The molecule has 5 rings (SSSR count). The molecular formula is C30H43N5O. The summed E-state index contributed by atoms with van der Waals surface area (Å²) in [5.41, 5.74) is 5.57. The first-order chi connectivity index (χ1) is 17.7. The first-order valence-corrected chi connectivity index (χ1v) is 14.3. The summed E-state index contributed by atoms with van der Waals surface area (Å²) >= 11 is 0. The molecular weight excluding hydrogens is 446 g/mol. The van der Waals surface area contributed by atoms with Crippen LogP contribution in [0.25, 0.3) is 10.9 Å². The van der Waals surface area contributed by atoms with Crippen LogP contribution in [0, 0.1) is 5.92 Å². The van der Waals surface area contributed by atoms with Crippen LogP contribution in [-0.2, 0) is 24.2 Å². The molecule has 2 aliphatic rings. The van der Waals surface area contributed by atoms with E-state index in [9.17, 15) is 4.79 Å². The van der Waals surface area contributed by atoms with Crippen LogP contribution in [0.2, 0.25) is 0 Å². The number of aromatic amines is 1. The second-order valence-corrected chi connectivity index (χ2v) is 10.9. The summed E-state index contributed by atoms with van der Waals surface area (Å²) < 4.78 is 2.48. The summed E-state index contributed by atoms with van der Waals surface area (Å²) in [6.45, 7) is 8.36. The van der Waals surface area contributed by atoms with Crippen molar-refractivity contribution in [1.29, 1.82) is 0 Å². The summed E-state index contributed by atoms with van der Waals surface area (Å²) in [6, 6.07) is 7.39. The normalized spacial score (nSPS) is 21.6. The van der Waals surface area contributed by atoms with Crippen LogP contribution >= 0.6 is 0 Å². The third kappa shape index (κ3) is 5.24. The maximum atomic E-state index is 13.3. The quantitative estimate of drug-likeness (QED) is 0.333. The fourth-order valence-electron chi connectivity index (χ4n) is 6.62. The lowest BCUT2D eigenvalue weighted by molar-refractivity contribution is -0.127. The zero-order valence-electron chi connectivity index (χ0n) is 22.1. The second kappa shape index (κ2) is 11.6. The Kier molecular flexibility index (Phi) is 8.10. The number of rotatable bonds is 12. The molecule has 1 aromatic carbocycles. The van der Waals surface area contributed by atoms with Crippen molar-refractivity contribution in [3.8, 4) is 0 Å². The van der Waals surface area contributed by atoms with E-state index in [1.54, 1.807) is 6.33 Å². The number of nitrogens with zero attached hydrogens (tertiary/aromatic N) is 3. The number of carbonyl (C=O) groups is 1. The van der Waals surface area contributed by atoms with Gasteiger partial charge < -0.3 is 14.9 Å². The highest BCUT2D eigenvalue weighted by atomic mass is 16.1. The van der Waals surface area contributed by atoms with Gasteiger partial charge in [-0.2, -0.15) is 0 Å². The number of unbranched alkanes of at least 4 members (excludes halogenated alkanes) is 3. The van der Waals surface area contributed by atoms with Crippen molar-refractivity contribution in [1.82, 2.24) is 24.8 Å². The first-order valence-electron chi connectivity index (χ1n) is 14.3. The predicted octanol–water partition coefficient (Wildman–Crippen LogP) is 5.43. The number of piperidine rings is 1. The van der Waals surface area contributed by atoms with Gasteiger partial charge in [-0.05, 0) is 68.7 Å². The van der Waals surface area contributed by atoms with E-state index in [2.05, 4.69) is 63.0 Å². The Balaban J connectivity index is 1.25. The third-order valence-electron chi connectivity index (χ3n) is 8.38. The number of aromatic nitrogens is 3. The fourth-order valence-corrected chi connectivity index (χ4v) is 6.62. The van der Waals surface area contributed by atoms with Crippen LogP contribution < -0.4 is 5.32 Å². The largest absolute Gasteiger partial charge is 0.356 e. The summed E-state index contributed by atoms with van der Waals surface area (Å²) in [4.78, 5) is 23.2. The average molecular weight is 490 g/mol. The molecule has 1 fully saturated rings. The lowest BCUT2D eigenvalue weighted by Crippen LogP contribution is -2.53. The topological polar surface area (TPSA) is 66.0 Å². The highest BCUT2D eigenvalue weighted by Crippen LogP contribution is 2.45. The van der Waals surface area contributed by atoms with Gasteiger partial charge in [-0.3, -0.25) is 9.69 Å². The maximum Gasteiger partial charge on any atom is 0.224 e. The summed E-state index contributed by atoms with van der Waals surface area (Å²) in [5.74, 6) is 0.761. The molecule has 6 nitrogen and oxygen atoms in total. The SMILES string of the molecule is CCCCn1cc2c3c(cccc31)[C@H]1C[C@@H](C(=O)NCCCCCc3cnc[nH]3)CN(CCC)[C@@H]1C2. The van der Waals surface area contributed by atoms with E-state index in [1.807, 2.05) is 6.20 Å². The molecule has 0 saturated carbocycles. The van der Waals surface area contributed by atoms with E-state index in [1.165, 1.54) is 40.6 Å². The molecule has 2 aromatic heterocycles. The van der Waals surface area contributed by atoms with Crippen molar-refractivity contribution in [2.24, 2.45) is 5.92 Å². The molecule has 3 aromatic rings. The lowest BCUT2D eigenvalue weighted by Gasteiger charge is -2.46. The molecule has 0 radical (unpaired) electrons. The fraction of sp³-hybridized carbons (Fsp3) is 0.600. The number of fused-ring (bicyclic) bond motifs is 2. The number of likely N-dealkylation sites (tertiary alicyclic amines) is 1. The van der Waals surface area contributed by atoms with Crippen LogP contribution in [-0.4, -0.2) is 51.0 Å². The van der Waals surface area contributed by atoms with E-state index < -0.39 is 0 Å². The van der Waals surface area contributed by atoms with Crippen LogP contribution in [0.15, 0.2) is 36.9 Å². The van der Waals surface area contributed by atoms with Gasteiger partial charge in [0, 0.05) is 60.6 Å². The Labute approximate surface area is 215 Å². The highest BCUT2D eigenvalue weighted by molar-refractivity contribution is 5.89. The van der Waals surface area contributed by atoms with Gasteiger partial charge in [-0.25, -0.2) is 4.98 Å². The second-order valence-electron chi connectivity index (χ2n) is 10.9. The molecule has 0 bridgehead atoms. The molecule has 0 unspecified atom stereocenters. The van der Waals surface area contributed by atoms with Gasteiger partial charge in [0.1, 0.15) is 0 Å². The number of aryl methyl sites for hydroxylation is 2. The Bertz CT molecular complexity index is 1130. The van der Waals surface area contributed by atoms with E-state index in [0.29, 0.717) is 12.0 Å². The molecule has 6 heteroatoms. The van der Waals surface area contributed by atoms with Crippen LogP contribution in [0.1, 0.15) is 81.5 Å². The lowest BCUT2D eigenvalue weighted by atomic mass is 9.72. The van der Waals surface area contributed by atoms with Crippen molar-refractivity contribution >= 4 is 16.8 Å². The standard InChI is InChI=1S/C30H43N5O/c1-3-5-15-35-19-22-17-28-26(25-11-9-12-27(35)29(22)25)16-23(20-34(28)14-4-2)30(36)32-13-8-6-7-10-24-18-31-21-33-24/h9,11-12,18-19,21,23,26,28H,3-8,10,13-17,20H2,1-2H3,(H,31,33)(H,32,36)/t23-,26-,28-/m1/s1. The smallest absolute Gasteiger partial charge is 0.224 e. The monoisotopic (exact) mass is 489 g/mol. The van der Waals surface area contributed by atoms with Gasteiger partial charge in [0.25, 0.3) is 0 Å². The molecule has 3 heterocycles. The van der Waals surface area contributed by atoms with Gasteiger partial charge >= 0.3 is 0 Å². The Hall–Kier alpha value is -2.60. The van der Waals surface area contributed by atoms with Crippen molar-refractivity contribution in [3.63, 3.8) is 0 Å². The van der Waals surface area contributed by atoms with Crippen molar-refractivity contribution in [2.75, 3.05) is 19.6 Å². The number of amides is 1. The number of nitrogens with one attached hydrogen (secondary N) is 2. The summed E-state index contributed by atoms with van der Waals surface area (Å²) in [5, 5.41) is 4.76. The van der Waals surface area contributed by atoms with Gasteiger partial charge in [0.05, 0.1) is 12.2 Å².